The Labute approximate surface area is 130 Å². The molecule has 0 saturated heterocycles. The number of fused-ring (bicyclic) bond motifs is 1. The Morgan fingerprint density at radius 1 is 1.23 bits per heavy atom. The summed E-state index contributed by atoms with van der Waals surface area (Å²) in [4.78, 5) is 4.59. The quantitative estimate of drug-likeness (QED) is 0.941. The highest BCUT2D eigenvalue weighted by Gasteiger charge is 2.22. The lowest BCUT2D eigenvalue weighted by Gasteiger charge is -2.16. The first-order valence-electron chi connectivity index (χ1n) is 7.17. The van der Waals surface area contributed by atoms with E-state index in [2.05, 4.69) is 9.71 Å². The lowest BCUT2D eigenvalue weighted by atomic mass is 9.98. The third-order valence-electron chi connectivity index (χ3n) is 3.84. The maximum atomic E-state index is 12.4. The van der Waals surface area contributed by atoms with E-state index in [0.29, 0.717) is 23.0 Å². The molecule has 0 fully saturated rings. The van der Waals surface area contributed by atoms with Crippen molar-refractivity contribution < 1.29 is 12.8 Å². The van der Waals surface area contributed by atoms with Gasteiger partial charge in [0.1, 0.15) is 5.76 Å². The average Bonchev–Trinajstić information content (AvgIpc) is 2.83. The zero-order chi connectivity index (χ0) is 15.7. The molecule has 1 heterocycles. The van der Waals surface area contributed by atoms with Gasteiger partial charge in [-0.1, -0.05) is 24.3 Å². The predicted octanol–water partition coefficient (Wildman–Crippen LogP) is 2.70. The van der Waals surface area contributed by atoms with Gasteiger partial charge in [-0.2, -0.15) is 0 Å². The minimum absolute atomic E-state index is 0.0655. The molecule has 6 heteroatoms. The Morgan fingerprint density at radius 3 is 2.73 bits per heavy atom. The number of aromatic nitrogens is 1. The molecule has 1 aliphatic rings. The lowest BCUT2D eigenvalue weighted by molar-refractivity contribution is 0.463. The van der Waals surface area contributed by atoms with E-state index in [1.807, 2.05) is 31.2 Å². The van der Waals surface area contributed by atoms with Crippen molar-refractivity contribution in [2.75, 3.05) is 0 Å². The van der Waals surface area contributed by atoms with E-state index in [1.54, 1.807) is 13.0 Å². The summed E-state index contributed by atoms with van der Waals surface area (Å²) < 4.78 is 32.8. The van der Waals surface area contributed by atoms with E-state index in [1.165, 1.54) is 5.56 Å². The second-order valence-electron chi connectivity index (χ2n) is 5.38. The second kappa shape index (κ2) is 5.70. The van der Waals surface area contributed by atoms with Crippen LogP contribution in [-0.2, 0) is 23.0 Å². The van der Waals surface area contributed by atoms with Crippen molar-refractivity contribution in [3.8, 4) is 0 Å². The predicted molar refractivity (Wildman–Crippen MR) is 84.5 cm³/mol. The van der Waals surface area contributed by atoms with Gasteiger partial charge in [0, 0.05) is 0 Å². The van der Waals surface area contributed by atoms with Gasteiger partial charge >= 0.3 is 0 Å². The highest BCUT2D eigenvalue weighted by atomic mass is 32.2. The number of nitrogens with one attached hydrogen (secondary N) is 1. The largest absolute Gasteiger partial charge is 0.444 e. The Kier molecular flexibility index (Phi) is 3.88. The molecule has 1 aromatic carbocycles. The van der Waals surface area contributed by atoms with Crippen molar-refractivity contribution >= 4 is 16.1 Å². The fourth-order valence-corrected chi connectivity index (χ4v) is 3.63. The molecule has 0 unspecified atom stereocenters. The van der Waals surface area contributed by atoms with E-state index in [9.17, 15) is 8.42 Å². The van der Waals surface area contributed by atoms with Crippen LogP contribution in [0.1, 0.15) is 34.9 Å². The maximum Gasteiger partial charge on any atom is 0.237 e. The first-order chi connectivity index (χ1) is 10.5. The van der Waals surface area contributed by atoms with Crippen LogP contribution in [0.3, 0.4) is 0 Å². The summed E-state index contributed by atoms with van der Waals surface area (Å²) in [7, 11) is -3.52. The van der Waals surface area contributed by atoms with Crippen molar-refractivity contribution in [3.05, 3.63) is 57.6 Å². The molecule has 1 aliphatic carbocycles. The van der Waals surface area contributed by atoms with Crippen LogP contribution in [0.25, 0.3) is 6.08 Å². The van der Waals surface area contributed by atoms with Crippen molar-refractivity contribution in [2.24, 2.45) is 0 Å². The van der Waals surface area contributed by atoms with Crippen LogP contribution < -0.4 is 4.72 Å². The van der Waals surface area contributed by atoms with Gasteiger partial charge in [0.2, 0.25) is 15.9 Å². The third kappa shape index (κ3) is 2.98. The van der Waals surface area contributed by atoms with Gasteiger partial charge in [-0.3, -0.25) is 0 Å². The van der Waals surface area contributed by atoms with Crippen LogP contribution in [0.2, 0.25) is 0 Å². The van der Waals surface area contributed by atoms with Crippen LogP contribution in [0, 0.1) is 13.8 Å². The van der Waals surface area contributed by atoms with E-state index >= 15 is 0 Å². The molecular formula is C16H18N2O3S. The van der Waals surface area contributed by atoms with Gasteiger partial charge < -0.3 is 4.42 Å². The molecule has 22 heavy (non-hydrogen) atoms. The minimum Gasteiger partial charge on any atom is -0.444 e. The zero-order valence-electron chi connectivity index (χ0n) is 12.6. The van der Waals surface area contributed by atoms with E-state index in [4.69, 9.17) is 4.42 Å². The van der Waals surface area contributed by atoms with Gasteiger partial charge in [0.25, 0.3) is 0 Å². The smallest absolute Gasteiger partial charge is 0.237 e. The molecule has 116 valence electrons. The topological polar surface area (TPSA) is 72.2 Å². The fraction of sp³-hybridized carbons (Fsp3) is 0.312. The molecule has 1 N–H and O–H groups in total. The summed E-state index contributed by atoms with van der Waals surface area (Å²) in [5.74, 6) is 1.09. The van der Waals surface area contributed by atoms with Crippen LogP contribution in [0.4, 0.5) is 0 Å². The summed E-state index contributed by atoms with van der Waals surface area (Å²) in [6.07, 6.45) is 2.99. The maximum absolute atomic E-state index is 12.4. The zero-order valence-corrected chi connectivity index (χ0v) is 13.4. The molecule has 5 nitrogen and oxygen atoms in total. The molecule has 0 atom stereocenters. The Balaban J connectivity index is 1.78. The van der Waals surface area contributed by atoms with Gasteiger partial charge in [-0.15, -0.1) is 0 Å². The summed E-state index contributed by atoms with van der Waals surface area (Å²) in [5, 5.41) is 0. The van der Waals surface area contributed by atoms with E-state index in [0.717, 1.165) is 17.7 Å². The van der Waals surface area contributed by atoms with Crippen LogP contribution in [0.15, 0.2) is 33.6 Å². The second-order valence-corrected chi connectivity index (χ2v) is 7.20. The molecule has 0 radical (unpaired) electrons. The highest BCUT2D eigenvalue weighted by molar-refractivity contribution is 7.93. The molecule has 3 rings (SSSR count). The number of benzene rings is 1. The standard InChI is InChI=1S/C16H18N2O3S/c1-11-12(2)21-16(18-11)10-17-22(19,20)15-8-7-13-5-3-4-6-14(13)9-15/h3-6,9,17H,7-8,10H2,1-2H3. The van der Waals surface area contributed by atoms with Crippen molar-refractivity contribution in [1.82, 2.24) is 9.71 Å². The average molecular weight is 318 g/mol. The van der Waals surface area contributed by atoms with Crippen molar-refractivity contribution in [1.29, 1.82) is 0 Å². The van der Waals surface area contributed by atoms with E-state index in [-0.39, 0.29) is 6.54 Å². The van der Waals surface area contributed by atoms with Crippen molar-refractivity contribution in [3.63, 3.8) is 0 Å². The number of aryl methyl sites for hydroxylation is 3. The molecule has 2 aromatic rings. The molecule has 0 aliphatic heterocycles. The summed E-state index contributed by atoms with van der Waals surface area (Å²) in [5.41, 5.74) is 2.93. The van der Waals surface area contributed by atoms with Crippen molar-refractivity contribution in [2.45, 2.75) is 33.2 Å². The molecule has 0 bridgehead atoms. The number of oxazole rings is 1. The number of hydrogen-bond acceptors (Lipinski definition) is 4. The van der Waals surface area contributed by atoms with Gasteiger partial charge in [0.15, 0.2) is 0 Å². The Morgan fingerprint density at radius 2 is 2.00 bits per heavy atom. The van der Waals surface area contributed by atoms with E-state index < -0.39 is 10.0 Å². The lowest BCUT2D eigenvalue weighted by Crippen LogP contribution is -2.26. The fourth-order valence-electron chi connectivity index (χ4n) is 2.48. The van der Waals surface area contributed by atoms with Crippen LogP contribution in [0.5, 0.6) is 0 Å². The summed E-state index contributed by atoms with van der Waals surface area (Å²) in [6.45, 7) is 3.70. The van der Waals surface area contributed by atoms with Gasteiger partial charge in [0.05, 0.1) is 17.1 Å². The van der Waals surface area contributed by atoms with Crippen LogP contribution >= 0.6 is 0 Å². The monoisotopic (exact) mass is 318 g/mol. The first kappa shape index (κ1) is 15.0. The summed E-state index contributed by atoms with van der Waals surface area (Å²) in [6, 6.07) is 7.85. The molecule has 0 spiro atoms. The number of hydrogen-bond donors (Lipinski definition) is 1. The van der Waals surface area contributed by atoms with Gasteiger partial charge in [-0.25, -0.2) is 18.1 Å². The molecular weight excluding hydrogens is 300 g/mol. The number of rotatable bonds is 4. The molecule has 0 saturated carbocycles. The number of sulfonamides is 1. The van der Waals surface area contributed by atoms with Gasteiger partial charge in [-0.05, 0) is 43.9 Å². The summed E-state index contributed by atoms with van der Waals surface area (Å²) >= 11 is 0. The Bertz CT molecular complexity index is 815. The number of nitrogens with zero attached hydrogens (tertiary/aromatic N) is 1. The highest BCUT2D eigenvalue weighted by Crippen LogP contribution is 2.26. The van der Waals surface area contributed by atoms with Crippen LogP contribution in [-0.4, -0.2) is 13.4 Å². The Hall–Kier alpha value is -1.92. The first-order valence-corrected chi connectivity index (χ1v) is 8.65. The third-order valence-corrected chi connectivity index (χ3v) is 5.38. The molecule has 0 amide bonds. The minimum atomic E-state index is -3.52. The SMILES string of the molecule is Cc1nc(CNS(=O)(=O)C2=Cc3ccccc3CC2)oc1C. The molecule has 1 aromatic heterocycles. The normalized spacial score (nSPS) is 14.5. The number of allylic oxidation sites excluding steroid dienone is 1.